The Morgan fingerprint density at radius 3 is 2.62 bits per heavy atom. The van der Waals surface area contributed by atoms with Crippen LogP contribution in [0.3, 0.4) is 0 Å². The summed E-state index contributed by atoms with van der Waals surface area (Å²) in [5, 5.41) is 0. The fourth-order valence-corrected chi connectivity index (χ4v) is 2.90. The molecule has 0 spiro atoms. The van der Waals surface area contributed by atoms with E-state index in [1.54, 1.807) is 17.0 Å². The number of hydrogen-bond donors (Lipinski definition) is 0. The number of carbonyl (C=O) groups is 1. The number of rotatable bonds is 4. The molecule has 0 aromatic heterocycles. The van der Waals surface area contributed by atoms with Gasteiger partial charge in [0.1, 0.15) is 12.4 Å². The number of ether oxygens (including phenoxy) is 1. The molecule has 1 aliphatic rings. The van der Waals surface area contributed by atoms with Crippen LogP contribution in [0, 0.1) is 0 Å². The van der Waals surface area contributed by atoms with Crippen molar-refractivity contribution in [2.24, 2.45) is 0 Å². The number of amides is 1. The lowest BCUT2D eigenvalue weighted by Gasteiger charge is -2.31. The normalized spacial score (nSPS) is 15.0. The summed E-state index contributed by atoms with van der Waals surface area (Å²) in [6.45, 7) is 0.591. The number of benzene rings is 1. The smallest absolute Gasteiger partial charge is 0.281 e. The molecule has 0 saturated carbocycles. The Morgan fingerprint density at radius 1 is 1.29 bits per heavy atom. The average molecular weight is 313 g/mol. The molecule has 116 valence electrons. The van der Waals surface area contributed by atoms with E-state index in [-0.39, 0.29) is 12.5 Å². The molecule has 0 atom stereocenters. The number of likely N-dealkylation sites (N-methyl/N-ethyl adjacent to an activating group) is 1. The van der Waals surface area contributed by atoms with Gasteiger partial charge in [-0.1, -0.05) is 12.1 Å². The van der Waals surface area contributed by atoms with E-state index in [1.165, 1.54) is 21.1 Å². The van der Waals surface area contributed by atoms with Crippen LogP contribution in [0.2, 0.25) is 0 Å². The average Bonchev–Trinajstić information content (AvgIpc) is 2.46. The molecule has 0 unspecified atom stereocenters. The van der Waals surface area contributed by atoms with Gasteiger partial charge in [0, 0.05) is 21.1 Å². The highest BCUT2D eigenvalue weighted by molar-refractivity contribution is 7.86. The second-order valence-corrected chi connectivity index (χ2v) is 7.16. The van der Waals surface area contributed by atoms with Crippen LogP contribution in [0.4, 0.5) is 5.69 Å². The fourth-order valence-electron chi connectivity index (χ4n) is 2.06. The van der Waals surface area contributed by atoms with Gasteiger partial charge in [0.05, 0.1) is 18.8 Å². The van der Waals surface area contributed by atoms with Crippen LogP contribution in [-0.2, 0) is 15.0 Å². The maximum absolute atomic E-state index is 12.4. The fraction of sp³-hybridized carbons (Fsp3) is 0.462. The van der Waals surface area contributed by atoms with Crippen molar-refractivity contribution in [2.75, 3.05) is 45.7 Å². The Kier molecular flexibility index (Phi) is 4.50. The highest BCUT2D eigenvalue weighted by Crippen LogP contribution is 2.30. The summed E-state index contributed by atoms with van der Waals surface area (Å²) in [5.74, 6) is 0.355. The minimum absolute atomic E-state index is 0.213. The number of anilines is 1. The Bertz CT molecular complexity index is 630. The summed E-state index contributed by atoms with van der Waals surface area (Å²) in [5.41, 5.74) is 0.671. The van der Waals surface area contributed by atoms with Crippen molar-refractivity contribution >= 4 is 21.8 Å². The van der Waals surface area contributed by atoms with Gasteiger partial charge in [-0.3, -0.25) is 4.79 Å². The maximum Gasteiger partial charge on any atom is 0.281 e. The molecule has 0 N–H and O–H groups in total. The van der Waals surface area contributed by atoms with Gasteiger partial charge in [0.25, 0.3) is 10.2 Å². The van der Waals surface area contributed by atoms with E-state index in [4.69, 9.17) is 4.74 Å². The zero-order chi connectivity index (χ0) is 15.6. The van der Waals surface area contributed by atoms with Gasteiger partial charge in [-0.05, 0) is 12.1 Å². The number of hydrogen-bond acceptors (Lipinski definition) is 4. The van der Waals surface area contributed by atoms with E-state index < -0.39 is 10.2 Å². The van der Waals surface area contributed by atoms with Gasteiger partial charge in [0.2, 0.25) is 5.91 Å². The van der Waals surface area contributed by atoms with Gasteiger partial charge in [0.15, 0.2) is 0 Å². The number of para-hydroxylation sites is 2. The highest BCUT2D eigenvalue weighted by Gasteiger charge is 2.28. The monoisotopic (exact) mass is 313 g/mol. The maximum atomic E-state index is 12.4. The number of fused-ring (bicyclic) bond motifs is 1. The summed E-state index contributed by atoms with van der Waals surface area (Å²) < 4.78 is 31.5. The first kappa shape index (κ1) is 15.7. The Labute approximate surface area is 124 Å². The van der Waals surface area contributed by atoms with E-state index in [1.807, 2.05) is 12.1 Å². The lowest BCUT2D eigenvalue weighted by Crippen LogP contribution is -2.46. The summed E-state index contributed by atoms with van der Waals surface area (Å²) in [6.07, 6.45) is 0. The summed E-state index contributed by atoms with van der Waals surface area (Å²) in [6, 6.07) is 7.21. The summed E-state index contributed by atoms with van der Waals surface area (Å²) in [7, 11) is 0.650. The third-order valence-electron chi connectivity index (χ3n) is 3.24. The van der Waals surface area contributed by atoms with Crippen LogP contribution >= 0.6 is 0 Å². The van der Waals surface area contributed by atoms with Crippen LogP contribution in [0.25, 0.3) is 0 Å². The van der Waals surface area contributed by atoms with E-state index in [0.29, 0.717) is 24.6 Å². The Hall–Kier alpha value is -1.64. The molecule has 0 fully saturated rings. The molecule has 1 aromatic rings. The van der Waals surface area contributed by atoms with E-state index in [9.17, 15) is 13.2 Å². The summed E-state index contributed by atoms with van der Waals surface area (Å²) >= 11 is 0. The minimum atomic E-state index is -3.60. The van der Waals surface area contributed by atoms with Gasteiger partial charge < -0.3 is 9.64 Å². The lowest BCUT2D eigenvalue weighted by molar-refractivity contribution is -0.118. The molecule has 0 radical (unpaired) electrons. The first-order chi connectivity index (χ1) is 9.84. The third-order valence-corrected chi connectivity index (χ3v) is 5.08. The third kappa shape index (κ3) is 3.17. The molecule has 0 aliphatic carbocycles. The zero-order valence-corrected chi connectivity index (χ0v) is 13.1. The number of carbonyl (C=O) groups excluding carboxylic acids is 1. The molecule has 1 amide bonds. The van der Waals surface area contributed by atoms with Crippen LogP contribution in [-0.4, -0.2) is 63.8 Å². The van der Waals surface area contributed by atoms with Crippen LogP contribution < -0.4 is 9.64 Å². The van der Waals surface area contributed by atoms with Crippen molar-refractivity contribution in [3.63, 3.8) is 0 Å². The molecule has 8 heteroatoms. The molecule has 0 saturated heterocycles. The van der Waals surface area contributed by atoms with E-state index in [0.717, 1.165) is 8.61 Å². The van der Waals surface area contributed by atoms with Crippen molar-refractivity contribution in [2.45, 2.75) is 0 Å². The van der Waals surface area contributed by atoms with Crippen molar-refractivity contribution in [1.82, 2.24) is 8.61 Å². The predicted molar refractivity (Wildman–Crippen MR) is 79.5 cm³/mol. The van der Waals surface area contributed by atoms with E-state index >= 15 is 0 Å². The first-order valence-corrected chi connectivity index (χ1v) is 7.89. The van der Waals surface area contributed by atoms with Crippen molar-refractivity contribution in [1.29, 1.82) is 0 Å². The molecule has 2 rings (SSSR count). The van der Waals surface area contributed by atoms with Crippen molar-refractivity contribution in [3.05, 3.63) is 24.3 Å². The topological polar surface area (TPSA) is 70.2 Å². The molecular formula is C13H19N3O4S. The van der Waals surface area contributed by atoms with Crippen LogP contribution in [0.1, 0.15) is 0 Å². The molecule has 1 aromatic carbocycles. The first-order valence-electron chi connectivity index (χ1n) is 6.50. The molecule has 0 bridgehead atoms. The quantitative estimate of drug-likeness (QED) is 0.793. The molecule has 1 aliphatic heterocycles. The van der Waals surface area contributed by atoms with Gasteiger partial charge in [-0.2, -0.15) is 17.0 Å². The second-order valence-electron chi connectivity index (χ2n) is 4.91. The Morgan fingerprint density at radius 2 is 1.95 bits per heavy atom. The standard InChI is InChI=1S/C13H19N3O4S/c1-14(2)21(18,19)15(3)10-13(17)16-8-9-20-12-7-5-4-6-11(12)16/h4-7H,8-10H2,1-3H3. The lowest BCUT2D eigenvalue weighted by atomic mass is 10.2. The molecule has 7 nitrogen and oxygen atoms in total. The molecular weight excluding hydrogens is 294 g/mol. The van der Waals surface area contributed by atoms with Crippen LogP contribution in [0.15, 0.2) is 24.3 Å². The number of nitrogens with zero attached hydrogens (tertiary/aromatic N) is 3. The largest absolute Gasteiger partial charge is 0.490 e. The summed E-state index contributed by atoms with van der Waals surface area (Å²) in [4.78, 5) is 13.9. The second kappa shape index (κ2) is 6.00. The van der Waals surface area contributed by atoms with Gasteiger partial charge in [-0.25, -0.2) is 0 Å². The van der Waals surface area contributed by atoms with E-state index in [2.05, 4.69) is 0 Å². The highest BCUT2D eigenvalue weighted by atomic mass is 32.2. The van der Waals surface area contributed by atoms with Crippen LogP contribution in [0.5, 0.6) is 5.75 Å². The molecule has 1 heterocycles. The van der Waals surface area contributed by atoms with Gasteiger partial charge >= 0.3 is 0 Å². The minimum Gasteiger partial charge on any atom is -0.490 e. The van der Waals surface area contributed by atoms with Gasteiger partial charge in [-0.15, -0.1) is 0 Å². The van der Waals surface area contributed by atoms with Crippen molar-refractivity contribution < 1.29 is 17.9 Å². The SMILES string of the molecule is CN(C)S(=O)(=O)N(C)CC(=O)N1CCOc2ccccc21. The Balaban J connectivity index is 2.16. The van der Waals surface area contributed by atoms with Crippen molar-refractivity contribution in [3.8, 4) is 5.75 Å². The molecule has 21 heavy (non-hydrogen) atoms. The predicted octanol–water partition coefficient (Wildman–Crippen LogP) is 0.150. The zero-order valence-electron chi connectivity index (χ0n) is 12.3.